The number of sulfonamides is 1. The van der Waals surface area contributed by atoms with Crippen molar-refractivity contribution < 1.29 is 17.2 Å². The molecule has 110 valence electrons. The van der Waals surface area contributed by atoms with Crippen LogP contribution in [0.3, 0.4) is 0 Å². The molecule has 2 aromatic carbocycles. The van der Waals surface area contributed by atoms with Gasteiger partial charge in [0.05, 0.1) is 5.69 Å². The maximum absolute atomic E-state index is 14.0. The summed E-state index contributed by atoms with van der Waals surface area (Å²) in [6.07, 6.45) is 0.565. The Kier molecular flexibility index (Phi) is 3.49. The average molecular weight is 374 g/mol. The zero-order valence-corrected chi connectivity index (χ0v) is 13.1. The van der Waals surface area contributed by atoms with Gasteiger partial charge in [0.25, 0.3) is 10.0 Å². The van der Waals surface area contributed by atoms with Crippen LogP contribution >= 0.6 is 15.9 Å². The fraction of sp³-hybridized carbons (Fsp3) is 0.143. The Balaban J connectivity index is 2.16. The van der Waals surface area contributed by atoms with Crippen LogP contribution in [0.15, 0.2) is 45.8 Å². The van der Waals surface area contributed by atoms with Crippen molar-refractivity contribution >= 4 is 31.6 Å². The molecular weight excluding hydrogens is 364 g/mol. The zero-order chi connectivity index (χ0) is 15.2. The second-order valence-electron chi connectivity index (χ2n) is 4.65. The van der Waals surface area contributed by atoms with Crippen molar-refractivity contribution in [1.82, 2.24) is 0 Å². The van der Waals surface area contributed by atoms with E-state index < -0.39 is 26.6 Å². The molecular formula is C14H10BrF2NO2S. The molecule has 0 saturated carbocycles. The molecule has 3 rings (SSSR count). The summed E-state index contributed by atoms with van der Waals surface area (Å²) in [5.74, 6) is -1.94. The largest absolute Gasteiger partial charge is 0.268 e. The van der Waals surface area contributed by atoms with Crippen LogP contribution in [-0.2, 0) is 16.4 Å². The second kappa shape index (κ2) is 5.06. The highest BCUT2D eigenvalue weighted by Crippen LogP contribution is 2.36. The highest BCUT2D eigenvalue weighted by Gasteiger charge is 2.34. The maximum atomic E-state index is 14.0. The third-order valence-electron chi connectivity index (χ3n) is 3.36. The normalized spacial score (nSPS) is 14.3. The Hall–Kier alpha value is -1.47. The van der Waals surface area contributed by atoms with E-state index in [1.807, 2.05) is 12.1 Å². The standard InChI is InChI=1S/C14H10BrF2NO2S/c15-11-7-10(16)8-12(17)14(11)21(19,20)18-6-5-9-3-1-2-4-13(9)18/h1-4,7-8H,5-6H2. The third kappa shape index (κ3) is 2.34. The number of anilines is 1. The lowest BCUT2D eigenvalue weighted by atomic mass is 10.2. The minimum absolute atomic E-state index is 0.121. The molecule has 0 N–H and O–H groups in total. The Morgan fingerprint density at radius 1 is 1.14 bits per heavy atom. The number of rotatable bonds is 2. The monoisotopic (exact) mass is 373 g/mol. The Labute approximate surface area is 129 Å². The van der Waals surface area contributed by atoms with Crippen LogP contribution in [0, 0.1) is 11.6 Å². The first kappa shape index (κ1) is 14.5. The fourth-order valence-corrected chi connectivity index (χ4v) is 5.06. The fourth-order valence-electron chi connectivity index (χ4n) is 2.44. The molecule has 2 aromatic rings. The second-order valence-corrected chi connectivity index (χ2v) is 7.31. The molecule has 0 radical (unpaired) electrons. The number of benzene rings is 2. The van der Waals surface area contributed by atoms with E-state index in [4.69, 9.17) is 0 Å². The van der Waals surface area contributed by atoms with Crippen molar-refractivity contribution in [3.05, 3.63) is 58.1 Å². The van der Waals surface area contributed by atoms with Gasteiger partial charge in [0.15, 0.2) is 0 Å². The number of fused-ring (bicyclic) bond motifs is 1. The summed E-state index contributed by atoms with van der Waals surface area (Å²) in [6.45, 7) is 0.241. The summed E-state index contributed by atoms with van der Waals surface area (Å²) >= 11 is 2.93. The Bertz CT molecular complexity index is 800. The quantitative estimate of drug-likeness (QED) is 0.807. The Morgan fingerprint density at radius 3 is 2.57 bits per heavy atom. The SMILES string of the molecule is O=S(=O)(c1c(F)cc(F)cc1Br)N1CCc2ccccc21. The first-order valence-electron chi connectivity index (χ1n) is 6.16. The van der Waals surface area contributed by atoms with Crippen molar-refractivity contribution in [2.75, 3.05) is 10.8 Å². The molecule has 0 aliphatic carbocycles. The molecule has 3 nitrogen and oxygen atoms in total. The number of halogens is 3. The summed E-state index contributed by atoms with van der Waals surface area (Å²) in [5.41, 5.74) is 1.42. The van der Waals surface area contributed by atoms with E-state index in [2.05, 4.69) is 15.9 Å². The maximum Gasteiger partial charge on any atom is 0.268 e. The van der Waals surface area contributed by atoms with E-state index in [1.165, 1.54) is 0 Å². The molecule has 0 amide bonds. The van der Waals surface area contributed by atoms with Crippen LogP contribution in [-0.4, -0.2) is 15.0 Å². The molecule has 0 aromatic heterocycles. The van der Waals surface area contributed by atoms with Gasteiger partial charge in [-0.05, 0) is 40.0 Å². The molecule has 1 aliphatic heterocycles. The van der Waals surface area contributed by atoms with Crippen LogP contribution < -0.4 is 4.31 Å². The number of hydrogen-bond acceptors (Lipinski definition) is 2. The Morgan fingerprint density at radius 2 is 1.86 bits per heavy atom. The van der Waals surface area contributed by atoms with Gasteiger partial charge in [-0.1, -0.05) is 18.2 Å². The van der Waals surface area contributed by atoms with Crippen molar-refractivity contribution in [1.29, 1.82) is 0 Å². The highest BCUT2D eigenvalue weighted by atomic mass is 79.9. The molecule has 0 unspecified atom stereocenters. The van der Waals surface area contributed by atoms with Gasteiger partial charge in [-0.15, -0.1) is 0 Å². The van der Waals surface area contributed by atoms with Gasteiger partial charge in [-0.3, -0.25) is 4.31 Å². The summed E-state index contributed by atoms with van der Waals surface area (Å²) < 4.78 is 53.5. The van der Waals surface area contributed by atoms with Crippen molar-refractivity contribution in [3.63, 3.8) is 0 Å². The van der Waals surface area contributed by atoms with Gasteiger partial charge in [-0.25, -0.2) is 17.2 Å². The molecule has 0 bridgehead atoms. The van der Waals surface area contributed by atoms with Crippen molar-refractivity contribution in [2.24, 2.45) is 0 Å². The molecule has 0 spiro atoms. The lowest BCUT2D eigenvalue weighted by molar-refractivity contribution is 0.545. The van der Waals surface area contributed by atoms with Gasteiger partial charge in [-0.2, -0.15) is 0 Å². The summed E-state index contributed by atoms with van der Waals surface area (Å²) in [6, 6.07) is 8.57. The number of hydrogen-bond donors (Lipinski definition) is 0. The predicted molar refractivity (Wildman–Crippen MR) is 78.7 cm³/mol. The van der Waals surface area contributed by atoms with Crippen molar-refractivity contribution in [3.8, 4) is 0 Å². The van der Waals surface area contributed by atoms with Crippen LogP contribution in [0.25, 0.3) is 0 Å². The summed E-state index contributed by atoms with van der Waals surface area (Å²) in [5, 5.41) is 0. The van der Waals surface area contributed by atoms with Crippen LogP contribution in [0.2, 0.25) is 0 Å². The number of nitrogens with zero attached hydrogens (tertiary/aromatic N) is 1. The molecule has 1 heterocycles. The van der Waals surface area contributed by atoms with Gasteiger partial charge in [0, 0.05) is 17.1 Å². The van der Waals surface area contributed by atoms with Crippen LogP contribution in [0.1, 0.15) is 5.56 Å². The zero-order valence-electron chi connectivity index (χ0n) is 10.7. The van der Waals surface area contributed by atoms with Gasteiger partial charge in [0.2, 0.25) is 0 Å². The minimum atomic E-state index is -4.09. The minimum Gasteiger partial charge on any atom is -0.266 e. The van der Waals surface area contributed by atoms with Crippen molar-refractivity contribution in [2.45, 2.75) is 11.3 Å². The lowest BCUT2D eigenvalue weighted by Crippen LogP contribution is -2.30. The average Bonchev–Trinajstić information content (AvgIpc) is 2.81. The van der Waals surface area contributed by atoms with Gasteiger partial charge < -0.3 is 0 Å². The number of para-hydroxylation sites is 1. The smallest absolute Gasteiger partial charge is 0.266 e. The summed E-state index contributed by atoms with van der Waals surface area (Å²) in [4.78, 5) is -0.541. The molecule has 7 heteroatoms. The molecule has 21 heavy (non-hydrogen) atoms. The molecule has 0 atom stereocenters. The van der Waals surface area contributed by atoms with E-state index in [1.54, 1.807) is 12.1 Å². The summed E-state index contributed by atoms with van der Waals surface area (Å²) in [7, 11) is -4.09. The van der Waals surface area contributed by atoms with E-state index in [0.29, 0.717) is 18.2 Å². The van der Waals surface area contributed by atoms with E-state index in [-0.39, 0.29) is 11.0 Å². The van der Waals surface area contributed by atoms with E-state index in [9.17, 15) is 17.2 Å². The van der Waals surface area contributed by atoms with E-state index >= 15 is 0 Å². The van der Waals surface area contributed by atoms with Crippen LogP contribution in [0.5, 0.6) is 0 Å². The molecule has 1 aliphatic rings. The molecule has 0 fully saturated rings. The third-order valence-corrected chi connectivity index (χ3v) is 6.13. The first-order valence-corrected chi connectivity index (χ1v) is 8.40. The highest BCUT2D eigenvalue weighted by molar-refractivity contribution is 9.10. The predicted octanol–water partition coefficient (Wildman–Crippen LogP) is 3.48. The molecule has 0 saturated heterocycles. The first-order chi connectivity index (χ1) is 9.91. The van der Waals surface area contributed by atoms with Gasteiger partial charge >= 0.3 is 0 Å². The van der Waals surface area contributed by atoms with Gasteiger partial charge in [0.1, 0.15) is 16.5 Å². The lowest BCUT2D eigenvalue weighted by Gasteiger charge is -2.20. The topological polar surface area (TPSA) is 37.4 Å². The van der Waals surface area contributed by atoms with Crippen LogP contribution in [0.4, 0.5) is 14.5 Å². The van der Waals surface area contributed by atoms with E-state index in [0.717, 1.165) is 15.9 Å².